The lowest BCUT2D eigenvalue weighted by atomic mass is 10.2. The molecule has 0 amide bonds. The van der Waals surface area contributed by atoms with Gasteiger partial charge in [-0.05, 0) is 44.5 Å². The summed E-state index contributed by atoms with van der Waals surface area (Å²) in [6.45, 7) is 6.85. The molecule has 1 aromatic heterocycles. The van der Waals surface area contributed by atoms with Gasteiger partial charge in [-0.1, -0.05) is 36.4 Å². The molecule has 1 aliphatic rings. The van der Waals surface area contributed by atoms with Crippen LogP contribution in [-0.4, -0.2) is 67.9 Å². The van der Waals surface area contributed by atoms with Crippen molar-refractivity contribution in [2.75, 3.05) is 49.6 Å². The van der Waals surface area contributed by atoms with E-state index in [4.69, 9.17) is 4.74 Å². The van der Waals surface area contributed by atoms with E-state index in [1.54, 1.807) is 36.5 Å². The van der Waals surface area contributed by atoms with E-state index in [9.17, 15) is 13.2 Å². The van der Waals surface area contributed by atoms with Crippen molar-refractivity contribution in [3.63, 3.8) is 0 Å². The molecule has 10 heteroatoms. The summed E-state index contributed by atoms with van der Waals surface area (Å²) in [5.41, 5.74) is 1.56. The van der Waals surface area contributed by atoms with Crippen LogP contribution in [0.3, 0.4) is 0 Å². The highest BCUT2D eigenvalue weighted by atomic mass is 32.2. The number of piperazine rings is 1. The monoisotopic (exact) mass is 511 g/mol. The number of benzene rings is 2. The summed E-state index contributed by atoms with van der Waals surface area (Å²) in [6.07, 6.45) is 2.44. The molecule has 0 aliphatic carbocycles. The molecule has 9 nitrogen and oxygen atoms in total. The zero-order valence-corrected chi connectivity index (χ0v) is 21.5. The Morgan fingerprint density at radius 3 is 2.42 bits per heavy atom. The molecule has 0 bridgehead atoms. The number of ether oxygens (including phenoxy) is 1. The Kier molecular flexibility index (Phi) is 8.40. The Morgan fingerprint density at radius 2 is 1.75 bits per heavy atom. The summed E-state index contributed by atoms with van der Waals surface area (Å²) in [5.74, 6) is 0. The summed E-state index contributed by atoms with van der Waals surface area (Å²) >= 11 is 0. The molecule has 1 N–H and O–H groups in total. The van der Waals surface area contributed by atoms with Crippen LogP contribution in [0.5, 0.6) is 0 Å². The van der Waals surface area contributed by atoms with E-state index >= 15 is 0 Å². The van der Waals surface area contributed by atoms with Gasteiger partial charge in [-0.2, -0.15) is 14.1 Å². The second-order valence-electron chi connectivity index (χ2n) is 8.66. The molecule has 192 valence electrons. The first-order chi connectivity index (χ1) is 17.4. The normalized spacial score (nSPS) is 16.7. The Labute approximate surface area is 212 Å². The molecule has 3 aromatic rings. The van der Waals surface area contributed by atoms with Crippen LogP contribution < -0.4 is 15.8 Å². The lowest BCUT2D eigenvalue weighted by molar-refractivity contribution is 0.147. The molecule has 1 saturated heterocycles. The fourth-order valence-corrected chi connectivity index (χ4v) is 6.01. The lowest BCUT2D eigenvalue weighted by Gasteiger charge is -2.40. The van der Waals surface area contributed by atoms with Crippen molar-refractivity contribution >= 4 is 21.4 Å². The maximum absolute atomic E-state index is 13.5. The molecule has 4 rings (SSSR count). The van der Waals surface area contributed by atoms with Gasteiger partial charge in [0.2, 0.25) is 10.0 Å². The van der Waals surface area contributed by atoms with E-state index in [0.717, 1.165) is 6.42 Å². The Balaban J connectivity index is 1.59. The van der Waals surface area contributed by atoms with E-state index in [1.165, 1.54) is 8.99 Å². The van der Waals surface area contributed by atoms with Crippen LogP contribution in [0.4, 0.5) is 11.4 Å². The molecule has 2 heterocycles. The predicted molar refractivity (Wildman–Crippen MR) is 141 cm³/mol. The second-order valence-corrected chi connectivity index (χ2v) is 10.5. The van der Waals surface area contributed by atoms with Gasteiger partial charge < -0.3 is 15.0 Å². The van der Waals surface area contributed by atoms with Gasteiger partial charge in [-0.15, -0.1) is 0 Å². The average molecular weight is 512 g/mol. The van der Waals surface area contributed by atoms with Crippen molar-refractivity contribution in [1.29, 1.82) is 0 Å². The minimum atomic E-state index is -3.61. The van der Waals surface area contributed by atoms with Gasteiger partial charge >= 0.3 is 0 Å². The molecule has 1 aliphatic heterocycles. The third kappa shape index (κ3) is 5.61. The molecule has 2 aromatic carbocycles. The van der Waals surface area contributed by atoms with E-state index in [0.29, 0.717) is 56.5 Å². The summed E-state index contributed by atoms with van der Waals surface area (Å²) in [5, 5.41) is 7.75. The third-order valence-corrected chi connectivity index (χ3v) is 8.21. The quantitative estimate of drug-likeness (QED) is 0.418. The van der Waals surface area contributed by atoms with E-state index < -0.39 is 10.0 Å². The Bertz CT molecular complexity index is 1300. The average Bonchev–Trinajstić information content (AvgIpc) is 2.90. The van der Waals surface area contributed by atoms with Crippen LogP contribution >= 0.6 is 0 Å². The maximum Gasteiger partial charge on any atom is 0.296 e. The van der Waals surface area contributed by atoms with E-state index in [1.807, 2.05) is 49.1 Å². The molecule has 0 unspecified atom stereocenters. The van der Waals surface area contributed by atoms with Crippen molar-refractivity contribution in [2.24, 2.45) is 0 Å². The van der Waals surface area contributed by atoms with Crippen molar-refractivity contribution in [3.8, 4) is 5.69 Å². The minimum Gasteiger partial charge on any atom is -0.382 e. The smallest absolute Gasteiger partial charge is 0.296 e. The molecule has 0 radical (unpaired) electrons. The number of hydrogen-bond acceptors (Lipinski definition) is 7. The van der Waals surface area contributed by atoms with Gasteiger partial charge in [0.25, 0.3) is 5.56 Å². The number of para-hydroxylation sites is 1. The molecule has 36 heavy (non-hydrogen) atoms. The number of rotatable bonds is 10. The fourth-order valence-electron chi connectivity index (χ4n) is 4.38. The number of nitrogens with zero attached hydrogens (tertiary/aromatic N) is 4. The number of aromatic nitrogens is 2. The maximum atomic E-state index is 13.5. The van der Waals surface area contributed by atoms with Crippen molar-refractivity contribution < 1.29 is 13.2 Å². The van der Waals surface area contributed by atoms with Crippen molar-refractivity contribution in [1.82, 2.24) is 14.1 Å². The van der Waals surface area contributed by atoms with Crippen LogP contribution in [0.2, 0.25) is 0 Å². The van der Waals surface area contributed by atoms with Crippen LogP contribution in [0, 0.1) is 0 Å². The third-order valence-electron chi connectivity index (χ3n) is 6.19. The topological polar surface area (TPSA) is 96.8 Å². The standard InChI is InChI=1S/C26H33N5O4S/c1-3-35-18-10-15-27-25-24(19-28-31(26(25)32)22-11-6-4-7-12-22)29-16-17-30(21(2)20-29)36(33,34)23-13-8-5-9-14-23/h4-9,11-14,19,21,27H,3,10,15-18,20H2,1-2H3/t21-/m0/s1. The van der Waals surface area contributed by atoms with Crippen LogP contribution in [-0.2, 0) is 14.8 Å². The number of anilines is 2. The van der Waals surface area contributed by atoms with Gasteiger partial charge in [-0.25, -0.2) is 8.42 Å². The van der Waals surface area contributed by atoms with E-state index in [2.05, 4.69) is 10.4 Å². The SMILES string of the molecule is CCOCCCNc1c(N2CCN(S(=O)(=O)c3ccccc3)[C@@H](C)C2)cnn(-c2ccccc2)c1=O. The van der Waals surface area contributed by atoms with Crippen LogP contribution in [0.25, 0.3) is 5.69 Å². The fraction of sp³-hybridized carbons (Fsp3) is 0.385. The number of nitrogens with one attached hydrogen (secondary N) is 1. The lowest BCUT2D eigenvalue weighted by Crippen LogP contribution is -2.54. The Hall–Kier alpha value is -3.21. The van der Waals surface area contributed by atoms with E-state index in [-0.39, 0.29) is 16.5 Å². The van der Waals surface area contributed by atoms with Gasteiger partial charge in [0, 0.05) is 45.4 Å². The van der Waals surface area contributed by atoms with Gasteiger partial charge in [0.05, 0.1) is 22.5 Å². The zero-order chi connectivity index (χ0) is 25.5. The molecular weight excluding hydrogens is 478 g/mol. The Morgan fingerprint density at radius 1 is 1.06 bits per heavy atom. The summed E-state index contributed by atoms with van der Waals surface area (Å²) in [7, 11) is -3.61. The largest absolute Gasteiger partial charge is 0.382 e. The first-order valence-corrected chi connectivity index (χ1v) is 13.7. The molecule has 0 saturated carbocycles. The molecule has 0 spiro atoms. The van der Waals surface area contributed by atoms with Crippen LogP contribution in [0.1, 0.15) is 20.3 Å². The summed E-state index contributed by atoms with van der Waals surface area (Å²) < 4.78 is 34.8. The summed E-state index contributed by atoms with van der Waals surface area (Å²) in [6, 6.07) is 17.5. The molecule has 1 atom stereocenters. The first-order valence-electron chi connectivity index (χ1n) is 12.2. The van der Waals surface area contributed by atoms with Gasteiger partial charge in [0.15, 0.2) is 0 Å². The number of sulfonamides is 1. The first kappa shape index (κ1) is 25.9. The highest BCUT2D eigenvalue weighted by molar-refractivity contribution is 7.89. The highest BCUT2D eigenvalue weighted by Gasteiger charge is 2.34. The van der Waals surface area contributed by atoms with Crippen molar-refractivity contribution in [3.05, 3.63) is 77.2 Å². The minimum absolute atomic E-state index is 0.248. The predicted octanol–water partition coefficient (Wildman–Crippen LogP) is 2.97. The van der Waals surface area contributed by atoms with Gasteiger partial charge in [-0.3, -0.25) is 4.79 Å². The van der Waals surface area contributed by atoms with Crippen LogP contribution in [0.15, 0.2) is 76.6 Å². The second kappa shape index (κ2) is 11.7. The molecular formula is C26H33N5O4S. The molecule has 1 fully saturated rings. The number of hydrogen-bond donors (Lipinski definition) is 1. The summed E-state index contributed by atoms with van der Waals surface area (Å²) in [4.78, 5) is 15.8. The van der Waals surface area contributed by atoms with Crippen molar-refractivity contribution in [2.45, 2.75) is 31.2 Å². The van der Waals surface area contributed by atoms with Gasteiger partial charge in [0.1, 0.15) is 5.69 Å². The highest BCUT2D eigenvalue weighted by Crippen LogP contribution is 2.28. The zero-order valence-electron chi connectivity index (χ0n) is 20.7.